The van der Waals surface area contributed by atoms with Gasteiger partial charge < -0.3 is 5.32 Å². The molecule has 7 heteroatoms. The zero-order valence-corrected chi connectivity index (χ0v) is 20.4. The second kappa shape index (κ2) is 11.0. The predicted molar refractivity (Wildman–Crippen MR) is 137 cm³/mol. The highest BCUT2D eigenvalue weighted by Crippen LogP contribution is 2.43. The predicted octanol–water partition coefficient (Wildman–Crippen LogP) is 6.33. The lowest BCUT2D eigenvalue weighted by atomic mass is 10.1. The maximum Gasteiger partial charge on any atom is 0.270 e. The molecule has 1 atom stereocenters. The Balaban J connectivity index is 1.41. The third kappa shape index (κ3) is 6.28. The third-order valence-electron chi connectivity index (χ3n) is 5.95. The number of nitrogens with zero attached hydrogens (tertiary/aromatic N) is 1. The van der Waals surface area contributed by atoms with Crippen LogP contribution in [0.25, 0.3) is 0 Å². The normalized spacial score (nSPS) is 15.9. The molecule has 2 amide bonds. The average molecular weight is 495 g/mol. The standard InChI is InChI=1S/C28H28F2N2O2S/c1-28(29,30)23-14-8-15-24(18-23)32-25(33)19-35-27(32)22-13-7-12-21(17-22)26(34)31-16-6-5-11-20-9-3-2-4-10-20/h2-4,7-10,12-15,17-18,27H,5-6,11,16,19H2,1H3,(H,31,34). The summed E-state index contributed by atoms with van der Waals surface area (Å²) in [7, 11) is 0. The van der Waals surface area contributed by atoms with Gasteiger partial charge in [0.1, 0.15) is 5.37 Å². The van der Waals surface area contributed by atoms with E-state index in [4.69, 9.17) is 0 Å². The van der Waals surface area contributed by atoms with Crippen LogP contribution in [0.1, 0.15) is 52.2 Å². The molecule has 1 unspecified atom stereocenters. The molecule has 1 aliphatic heterocycles. The average Bonchev–Trinajstić information content (AvgIpc) is 3.25. The summed E-state index contributed by atoms with van der Waals surface area (Å²) < 4.78 is 27.7. The minimum Gasteiger partial charge on any atom is -0.352 e. The van der Waals surface area contributed by atoms with Gasteiger partial charge in [-0.25, -0.2) is 8.78 Å². The molecule has 4 rings (SSSR count). The van der Waals surface area contributed by atoms with Gasteiger partial charge in [0, 0.05) is 30.3 Å². The van der Waals surface area contributed by atoms with Gasteiger partial charge in [0.2, 0.25) is 5.91 Å². The summed E-state index contributed by atoms with van der Waals surface area (Å²) in [6.45, 7) is 1.42. The zero-order valence-electron chi connectivity index (χ0n) is 19.5. The molecule has 0 spiro atoms. The van der Waals surface area contributed by atoms with E-state index in [-0.39, 0.29) is 28.5 Å². The number of halogens is 2. The number of benzene rings is 3. The van der Waals surface area contributed by atoms with Crippen LogP contribution in [0.2, 0.25) is 0 Å². The lowest BCUT2D eigenvalue weighted by Crippen LogP contribution is -2.28. The van der Waals surface area contributed by atoms with Gasteiger partial charge in [-0.2, -0.15) is 0 Å². The van der Waals surface area contributed by atoms with Crippen molar-refractivity contribution in [3.63, 3.8) is 0 Å². The van der Waals surface area contributed by atoms with Crippen molar-refractivity contribution in [3.05, 3.63) is 101 Å². The molecule has 1 N–H and O–H groups in total. The molecule has 4 nitrogen and oxygen atoms in total. The first-order chi connectivity index (χ1) is 16.8. The van der Waals surface area contributed by atoms with Crippen molar-refractivity contribution in [2.75, 3.05) is 17.2 Å². The monoisotopic (exact) mass is 494 g/mol. The van der Waals surface area contributed by atoms with Crippen LogP contribution in [0.4, 0.5) is 14.5 Å². The van der Waals surface area contributed by atoms with Gasteiger partial charge in [-0.05, 0) is 54.7 Å². The highest BCUT2D eigenvalue weighted by atomic mass is 32.2. The third-order valence-corrected chi connectivity index (χ3v) is 7.17. The molecule has 3 aromatic rings. The van der Waals surface area contributed by atoms with Gasteiger partial charge in [-0.3, -0.25) is 14.5 Å². The number of alkyl halides is 2. The lowest BCUT2D eigenvalue weighted by Gasteiger charge is -2.25. The molecular formula is C28H28F2N2O2S. The second-order valence-electron chi connectivity index (χ2n) is 8.69. The van der Waals surface area contributed by atoms with Crippen LogP contribution < -0.4 is 10.2 Å². The number of anilines is 1. The molecule has 1 saturated heterocycles. The van der Waals surface area contributed by atoms with Crippen LogP contribution in [0.5, 0.6) is 0 Å². The fourth-order valence-corrected chi connectivity index (χ4v) is 5.28. The van der Waals surface area contributed by atoms with Gasteiger partial charge in [0.15, 0.2) is 0 Å². The summed E-state index contributed by atoms with van der Waals surface area (Å²) in [5.41, 5.74) is 2.87. The van der Waals surface area contributed by atoms with Crippen LogP contribution in [-0.2, 0) is 17.1 Å². The summed E-state index contributed by atoms with van der Waals surface area (Å²) in [5, 5.41) is 2.58. The van der Waals surface area contributed by atoms with E-state index >= 15 is 0 Å². The first-order valence-electron chi connectivity index (χ1n) is 11.7. The Morgan fingerprint density at radius 1 is 1.03 bits per heavy atom. The van der Waals surface area contributed by atoms with Crippen LogP contribution in [0.15, 0.2) is 78.9 Å². The SMILES string of the molecule is CC(F)(F)c1cccc(N2C(=O)CSC2c2cccc(C(=O)NCCCCc3ccccc3)c2)c1. The number of rotatable bonds is 9. The number of carbonyl (C=O) groups excluding carboxylic acids is 2. The highest BCUT2D eigenvalue weighted by molar-refractivity contribution is 8.00. The molecular weight excluding hydrogens is 466 g/mol. The quantitative estimate of drug-likeness (QED) is 0.354. The molecule has 0 saturated carbocycles. The smallest absolute Gasteiger partial charge is 0.270 e. The van der Waals surface area contributed by atoms with E-state index in [1.165, 1.54) is 35.5 Å². The Kier molecular flexibility index (Phi) is 7.86. The van der Waals surface area contributed by atoms with Crippen molar-refractivity contribution in [2.24, 2.45) is 0 Å². The minimum atomic E-state index is -3.00. The topological polar surface area (TPSA) is 49.4 Å². The van der Waals surface area contributed by atoms with Gasteiger partial charge >= 0.3 is 0 Å². The second-order valence-corrected chi connectivity index (χ2v) is 9.76. The first kappa shape index (κ1) is 24.9. The number of carbonyl (C=O) groups is 2. The number of hydrogen-bond donors (Lipinski definition) is 1. The van der Waals surface area contributed by atoms with E-state index < -0.39 is 5.92 Å². The fourth-order valence-electron chi connectivity index (χ4n) is 4.11. The Labute approximate surface area is 208 Å². The number of nitrogens with one attached hydrogen (secondary N) is 1. The van der Waals surface area contributed by atoms with E-state index in [9.17, 15) is 18.4 Å². The summed E-state index contributed by atoms with van der Waals surface area (Å²) in [6, 6.07) is 23.3. The van der Waals surface area contributed by atoms with E-state index in [0.717, 1.165) is 31.7 Å². The van der Waals surface area contributed by atoms with Gasteiger partial charge in [0.05, 0.1) is 5.75 Å². The number of hydrogen-bond acceptors (Lipinski definition) is 3. The summed E-state index contributed by atoms with van der Waals surface area (Å²) in [6.07, 6.45) is 2.83. The molecule has 3 aromatic carbocycles. The summed E-state index contributed by atoms with van der Waals surface area (Å²) in [4.78, 5) is 27.0. The van der Waals surface area contributed by atoms with E-state index in [1.54, 1.807) is 29.2 Å². The van der Waals surface area contributed by atoms with E-state index in [1.807, 2.05) is 24.3 Å². The van der Waals surface area contributed by atoms with Crippen molar-refractivity contribution in [1.82, 2.24) is 5.32 Å². The Bertz CT molecular complexity index is 1180. The van der Waals surface area contributed by atoms with Crippen molar-refractivity contribution < 1.29 is 18.4 Å². The molecule has 1 fully saturated rings. The first-order valence-corrected chi connectivity index (χ1v) is 12.7. The number of unbranched alkanes of at least 4 members (excludes halogenated alkanes) is 1. The summed E-state index contributed by atoms with van der Waals surface area (Å²) >= 11 is 1.42. The van der Waals surface area contributed by atoms with Gasteiger partial charge in [0.25, 0.3) is 11.8 Å². The number of thioether (sulfide) groups is 1. The number of aryl methyl sites for hydroxylation is 1. The van der Waals surface area contributed by atoms with Gasteiger partial charge in [-0.1, -0.05) is 54.6 Å². The minimum absolute atomic E-state index is 0.140. The molecule has 0 aliphatic carbocycles. The maximum atomic E-state index is 13.9. The Morgan fingerprint density at radius 2 is 1.80 bits per heavy atom. The molecule has 1 aliphatic rings. The largest absolute Gasteiger partial charge is 0.352 e. The molecule has 0 radical (unpaired) electrons. The van der Waals surface area contributed by atoms with Crippen LogP contribution in [-0.4, -0.2) is 24.1 Å². The van der Waals surface area contributed by atoms with E-state index in [2.05, 4.69) is 17.4 Å². The number of amides is 2. The van der Waals surface area contributed by atoms with Crippen LogP contribution in [0.3, 0.4) is 0 Å². The van der Waals surface area contributed by atoms with Crippen LogP contribution >= 0.6 is 11.8 Å². The van der Waals surface area contributed by atoms with Crippen molar-refractivity contribution >= 4 is 29.3 Å². The Morgan fingerprint density at radius 3 is 2.57 bits per heavy atom. The molecule has 0 bridgehead atoms. The summed E-state index contributed by atoms with van der Waals surface area (Å²) in [5.74, 6) is -3.07. The van der Waals surface area contributed by atoms with Crippen molar-refractivity contribution in [3.8, 4) is 0 Å². The van der Waals surface area contributed by atoms with Gasteiger partial charge in [-0.15, -0.1) is 11.8 Å². The molecule has 0 aromatic heterocycles. The van der Waals surface area contributed by atoms with E-state index in [0.29, 0.717) is 17.8 Å². The maximum absolute atomic E-state index is 13.9. The lowest BCUT2D eigenvalue weighted by molar-refractivity contribution is -0.115. The molecule has 35 heavy (non-hydrogen) atoms. The molecule has 1 heterocycles. The fraction of sp³-hybridized carbons (Fsp3) is 0.286. The van der Waals surface area contributed by atoms with Crippen LogP contribution in [0, 0.1) is 0 Å². The Hall–Kier alpha value is -3.19. The zero-order chi connectivity index (χ0) is 24.8. The van der Waals surface area contributed by atoms with Crippen molar-refractivity contribution in [2.45, 2.75) is 37.5 Å². The van der Waals surface area contributed by atoms with Crippen molar-refractivity contribution in [1.29, 1.82) is 0 Å². The molecule has 182 valence electrons. The highest BCUT2D eigenvalue weighted by Gasteiger charge is 2.35.